The minimum absolute atomic E-state index is 0.144. The molecule has 37 heavy (non-hydrogen) atoms. The molecule has 0 fully saturated rings. The molecule has 1 atom stereocenters. The summed E-state index contributed by atoms with van der Waals surface area (Å²) in [5.74, 6) is -1.42. The van der Waals surface area contributed by atoms with Gasteiger partial charge in [-0.2, -0.15) is 0 Å². The summed E-state index contributed by atoms with van der Waals surface area (Å²) in [6.45, 7) is 5.37. The predicted octanol–water partition coefficient (Wildman–Crippen LogP) is 3.93. The maximum atomic E-state index is 13.7. The third kappa shape index (κ3) is 7.16. The Kier molecular flexibility index (Phi) is 9.41. The Hall–Kier alpha value is -3.72. The van der Waals surface area contributed by atoms with E-state index in [0.717, 1.165) is 27.6 Å². The first kappa shape index (κ1) is 27.9. The van der Waals surface area contributed by atoms with Crippen molar-refractivity contribution in [1.82, 2.24) is 10.2 Å². The Balaban J connectivity index is 1.96. The number of carbonyl (C=O) groups is 2. The van der Waals surface area contributed by atoms with Gasteiger partial charge in [0.05, 0.1) is 10.6 Å². The number of hydrogen-bond donors (Lipinski definition) is 1. The van der Waals surface area contributed by atoms with E-state index in [-0.39, 0.29) is 23.0 Å². The zero-order valence-corrected chi connectivity index (χ0v) is 22.0. The third-order valence-corrected chi connectivity index (χ3v) is 7.79. The maximum absolute atomic E-state index is 13.7. The topological polar surface area (TPSA) is 86.8 Å². The number of aryl methyl sites for hydroxylation is 1. The molecule has 1 N–H and O–H groups in total. The van der Waals surface area contributed by atoms with Gasteiger partial charge in [0.1, 0.15) is 18.4 Å². The van der Waals surface area contributed by atoms with Crippen molar-refractivity contribution in [2.75, 3.05) is 23.9 Å². The van der Waals surface area contributed by atoms with Crippen LogP contribution < -0.4 is 9.62 Å². The van der Waals surface area contributed by atoms with E-state index in [1.54, 1.807) is 38.1 Å². The quantitative estimate of drug-likeness (QED) is 0.411. The van der Waals surface area contributed by atoms with Crippen LogP contribution in [0.2, 0.25) is 0 Å². The molecule has 0 saturated heterocycles. The molecular formula is C28H32FN3O4S. The van der Waals surface area contributed by atoms with E-state index in [1.165, 1.54) is 17.0 Å². The van der Waals surface area contributed by atoms with Crippen LogP contribution in [-0.2, 0) is 26.0 Å². The van der Waals surface area contributed by atoms with E-state index in [9.17, 15) is 22.4 Å². The van der Waals surface area contributed by atoms with Gasteiger partial charge in [-0.3, -0.25) is 13.9 Å². The van der Waals surface area contributed by atoms with Gasteiger partial charge in [0, 0.05) is 13.1 Å². The number of nitrogens with one attached hydrogen (secondary N) is 1. The van der Waals surface area contributed by atoms with Crippen LogP contribution >= 0.6 is 0 Å². The summed E-state index contributed by atoms with van der Waals surface area (Å²) in [5, 5.41) is 2.73. The molecular weight excluding hydrogens is 493 g/mol. The summed E-state index contributed by atoms with van der Waals surface area (Å²) in [7, 11) is -4.22. The first-order valence-corrected chi connectivity index (χ1v) is 13.5. The van der Waals surface area contributed by atoms with Gasteiger partial charge in [-0.05, 0) is 69.2 Å². The first-order chi connectivity index (χ1) is 17.6. The van der Waals surface area contributed by atoms with Crippen LogP contribution in [0.15, 0.2) is 83.8 Å². The van der Waals surface area contributed by atoms with E-state index in [1.807, 2.05) is 37.3 Å². The highest BCUT2D eigenvalue weighted by Gasteiger charge is 2.32. The molecule has 3 aromatic rings. The Bertz CT molecular complexity index is 1300. The van der Waals surface area contributed by atoms with Gasteiger partial charge in [0.25, 0.3) is 10.0 Å². The molecule has 0 aliphatic rings. The molecule has 0 bridgehead atoms. The van der Waals surface area contributed by atoms with Gasteiger partial charge in [0.2, 0.25) is 11.8 Å². The van der Waals surface area contributed by atoms with Crippen molar-refractivity contribution in [1.29, 1.82) is 0 Å². The minimum atomic E-state index is -4.22. The van der Waals surface area contributed by atoms with Crippen molar-refractivity contribution in [3.63, 3.8) is 0 Å². The summed E-state index contributed by atoms with van der Waals surface area (Å²) in [6, 6.07) is 19.9. The lowest BCUT2D eigenvalue weighted by atomic mass is 10.1. The van der Waals surface area contributed by atoms with E-state index in [2.05, 4.69) is 5.32 Å². The zero-order chi connectivity index (χ0) is 27.0. The molecule has 7 nitrogen and oxygen atoms in total. The Morgan fingerprint density at radius 3 is 2.16 bits per heavy atom. The molecule has 0 radical (unpaired) electrons. The standard InChI is InChI=1S/C28H32FN3O4S/c1-4-30-28(34)22(3)31(19-18-23-8-6-5-7-9-23)27(33)20-32(25-14-10-21(2)11-15-25)37(35,36)26-16-12-24(29)13-17-26/h5-17,22H,4,18-20H2,1-3H3,(H,30,34)/t22-/m1/s1. The van der Waals surface area contributed by atoms with Crippen LogP contribution in [0.25, 0.3) is 0 Å². The van der Waals surface area contributed by atoms with Gasteiger partial charge >= 0.3 is 0 Å². The van der Waals surface area contributed by atoms with Gasteiger partial charge in [0.15, 0.2) is 0 Å². The van der Waals surface area contributed by atoms with E-state index in [4.69, 9.17) is 0 Å². The lowest BCUT2D eigenvalue weighted by Gasteiger charge is -2.32. The predicted molar refractivity (Wildman–Crippen MR) is 142 cm³/mol. The summed E-state index contributed by atoms with van der Waals surface area (Å²) >= 11 is 0. The van der Waals surface area contributed by atoms with Crippen LogP contribution in [0.5, 0.6) is 0 Å². The smallest absolute Gasteiger partial charge is 0.264 e. The van der Waals surface area contributed by atoms with Gasteiger partial charge in [-0.1, -0.05) is 48.0 Å². The van der Waals surface area contributed by atoms with E-state index < -0.39 is 34.3 Å². The number of rotatable bonds is 11. The minimum Gasteiger partial charge on any atom is -0.355 e. The number of anilines is 1. The molecule has 0 aliphatic carbocycles. The highest BCUT2D eigenvalue weighted by atomic mass is 32.2. The lowest BCUT2D eigenvalue weighted by Crippen LogP contribution is -2.52. The Morgan fingerprint density at radius 2 is 1.57 bits per heavy atom. The van der Waals surface area contributed by atoms with Crippen molar-refractivity contribution in [3.05, 3.63) is 95.8 Å². The number of nitrogens with zero attached hydrogens (tertiary/aromatic N) is 2. The Morgan fingerprint density at radius 1 is 0.946 bits per heavy atom. The fourth-order valence-corrected chi connectivity index (χ4v) is 5.28. The lowest BCUT2D eigenvalue weighted by molar-refractivity contribution is -0.138. The van der Waals surface area contributed by atoms with E-state index >= 15 is 0 Å². The molecule has 0 spiro atoms. The molecule has 0 aromatic heterocycles. The summed E-state index contributed by atoms with van der Waals surface area (Å²) in [4.78, 5) is 27.6. The van der Waals surface area contributed by atoms with Crippen molar-refractivity contribution < 1.29 is 22.4 Å². The highest BCUT2D eigenvalue weighted by molar-refractivity contribution is 7.92. The van der Waals surface area contributed by atoms with Crippen molar-refractivity contribution in [2.24, 2.45) is 0 Å². The average Bonchev–Trinajstić information content (AvgIpc) is 2.89. The van der Waals surface area contributed by atoms with Gasteiger partial charge in [-0.25, -0.2) is 12.8 Å². The van der Waals surface area contributed by atoms with Gasteiger partial charge in [-0.15, -0.1) is 0 Å². The van der Waals surface area contributed by atoms with Crippen LogP contribution in [0.1, 0.15) is 25.0 Å². The number of hydrogen-bond acceptors (Lipinski definition) is 4. The van der Waals surface area contributed by atoms with Gasteiger partial charge < -0.3 is 10.2 Å². The number of amides is 2. The SMILES string of the molecule is CCNC(=O)[C@@H](C)N(CCc1ccccc1)C(=O)CN(c1ccc(C)cc1)S(=O)(=O)c1ccc(F)cc1. The maximum Gasteiger partial charge on any atom is 0.264 e. The largest absolute Gasteiger partial charge is 0.355 e. The molecule has 0 aliphatic heterocycles. The van der Waals surface area contributed by atoms with Crippen molar-refractivity contribution in [3.8, 4) is 0 Å². The van der Waals surface area contributed by atoms with Crippen LogP contribution in [0.4, 0.5) is 10.1 Å². The van der Waals surface area contributed by atoms with E-state index in [0.29, 0.717) is 13.0 Å². The fourth-order valence-electron chi connectivity index (χ4n) is 3.87. The molecule has 0 saturated carbocycles. The molecule has 2 amide bonds. The molecule has 0 heterocycles. The Labute approximate surface area is 218 Å². The summed E-state index contributed by atoms with van der Waals surface area (Å²) < 4.78 is 41.8. The molecule has 3 rings (SSSR count). The molecule has 0 unspecified atom stereocenters. The second kappa shape index (κ2) is 12.5. The number of carbonyl (C=O) groups excluding carboxylic acids is 2. The number of halogens is 1. The highest BCUT2D eigenvalue weighted by Crippen LogP contribution is 2.25. The van der Waals surface area contributed by atoms with Crippen LogP contribution in [-0.4, -0.2) is 50.8 Å². The van der Waals surface area contributed by atoms with Crippen molar-refractivity contribution >= 4 is 27.5 Å². The fraction of sp³-hybridized carbons (Fsp3) is 0.286. The normalized spacial score (nSPS) is 12.0. The number of likely N-dealkylation sites (N-methyl/N-ethyl adjacent to an activating group) is 1. The monoisotopic (exact) mass is 525 g/mol. The molecule has 9 heteroatoms. The van der Waals surface area contributed by atoms with Crippen LogP contribution in [0.3, 0.4) is 0 Å². The van der Waals surface area contributed by atoms with Crippen LogP contribution in [0, 0.1) is 12.7 Å². The second-order valence-corrected chi connectivity index (χ2v) is 10.6. The number of sulfonamides is 1. The molecule has 196 valence electrons. The second-order valence-electron chi connectivity index (χ2n) is 8.69. The van der Waals surface area contributed by atoms with Crippen molar-refractivity contribution in [2.45, 2.75) is 38.1 Å². The molecule has 3 aromatic carbocycles. The summed E-state index contributed by atoms with van der Waals surface area (Å²) in [6.07, 6.45) is 0.492. The first-order valence-electron chi connectivity index (χ1n) is 12.1. The number of benzene rings is 3. The summed E-state index contributed by atoms with van der Waals surface area (Å²) in [5.41, 5.74) is 2.19. The zero-order valence-electron chi connectivity index (χ0n) is 21.2. The average molecular weight is 526 g/mol. The third-order valence-electron chi connectivity index (χ3n) is 6.00.